The van der Waals surface area contributed by atoms with Crippen molar-refractivity contribution in [1.82, 2.24) is 30.4 Å². The minimum Gasteiger partial charge on any atom is -0.341 e. The minimum absolute atomic E-state index is 0. The summed E-state index contributed by atoms with van der Waals surface area (Å²) in [7, 11) is 0. The molecule has 2 aromatic rings. The fourth-order valence-corrected chi connectivity index (χ4v) is 4.32. The molecule has 0 radical (unpaired) electrons. The first-order valence-electron chi connectivity index (χ1n) is 9.98. The number of carbonyl (C=O) groups excluding carboxylic acids is 1. The van der Waals surface area contributed by atoms with Gasteiger partial charge in [-0.1, -0.05) is 44.2 Å². The number of carbonyl (C=O) groups is 1. The number of hydrogen-bond acceptors (Lipinski definition) is 5. The Balaban J connectivity index is 0.00000225. The largest absolute Gasteiger partial charge is 0.341 e. The first kappa shape index (κ1) is 20.7. The molecule has 4 rings (SSSR count). The van der Waals surface area contributed by atoms with E-state index in [2.05, 4.69) is 20.7 Å². The highest BCUT2D eigenvalue weighted by atomic mass is 35.5. The van der Waals surface area contributed by atoms with Crippen molar-refractivity contribution in [2.45, 2.75) is 32.7 Å². The fraction of sp³-hybridized carbons (Fsp3) is 0.600. The van der Waals surface area contributed by atoms with Crippen molar-refractivity contribution >= 4 is 18.3 Å². The third-order valence-corrected chi connectivity index (χ3v) is 5.92. The van der Waals surface area contributed by atoms with Crippen LogP contribution in [0.1, 0.15) is 32.7 Å². The summed E-state index contributed by atoms with van der Waals surface area (Å²) in [5.74, 6) is 2.18. The number of tetrazole rings is 1. The third kappa shape index (κ3) is 4.20. The van der Waals surface area contributed by atoms with E-state index in [0.29, 0.717) is 17.7 Å². The Morgan fingerprint density at radius 2 is 1.75 bits per heavy atom. The standard InChI is InChI=1S/C20H28N6O.ClH/c1-14(2)18(26-23-19(22-24-26)15-6-4-3-5-7-15)20(27)25-10-8-16-12-21-13-17(16)9-11-25;/h3-7,14,16-18,21H,8-13H2,1-2H3;1H/t16-,17+,18?;. The van der Waals surface area contributed by atoms with Crippen molar-refractivity contribution < 1.29 is 4.79 Å². The van der Waals surface area contributed by atoms with Gasteiger partial charge in [-0.05, 0) is 48.9 Å². The average Bonchev–Trinajstić information content (AvgIpc) is 3.28. The van der Waals surface area contributed by atoms with E-state index in [1.807, 2.05) is 49.1 Å². The Bertz CT molecular complexity index is 766. The molecule has 8 heteroatoms. The molecule has 0 spiro atoms. The maximum atomic E-state index is 13.3. The number of aromatic nitrogens is 4. The summed E-state index contributed by atoms with van der Waals surface area (Å²) < 4.78 is 0. The first-order valence-corrected chi connectivity index (χ1v) is 9.98. The first-order chi connectivity index (χ1) is 13.1. The van der Waals surface area contributed by atoms with Crippen molar-refractivity contribution in [1.29, 1.82) is 0 Å². The summed E-state index contributed by atoms with van der Waals surface area (Å²) >= 11 is 0. The van der Waals surface area contributed by atoms with Gasteiger partial charge in [-0.2, -0.15) is 4.80 Å². The Kier molecular flexibility index (Phi) is 6.67. The number of amides is 1. The lowest BCUT2D eigenvalue weighted by Crippen LogP contribution is -2.41. The van der Waals surface area contributed by atoms with Crippen LogP contribution >= 0.6 is 12.4 Å². The van der Waals surface area contributed by atoms with Gasteiger partial charge < -0.3 is 10.2 Å². The zero-order valence-corrected chi connectivity index (χ0v) is 17.3. The molecule has 0 bridgehead atoms. The third-order valence-electron chi connectivity index (χ3n) is 5.92. The normalized spacial score (nSPS) is 23.0. The summed E-state index contributed by atoms with van der Waals surface area (Å²) in [6.07, 6.45) is 2.16. The minimum atomic E-state index is -0.411. The molecule has 2 saturated heterocycles. The predicted molar refractivity (Wildman–Crippen MR) is 110 cm³/mol. The van der Waals surface area contributed by atoms with Crippen LogP contribution in [0.2, 0.25) is 0 Å². The molecule has 152 valence electrons. The van der Waals surface area contributed by atoms with Crippen LogP contribution in [0.15, 0.2) is 30.3 Å². The number of nitrogens with one attached hydrogen (secondary N) is 1. The van der Waals surface area contributed by atoms with Crippen LogP contribution in [0.3, 0.4) is 0 Å². The van der Waals surface area contributed by atoms with Gasteiger partial charge in [-0.3, -0.25) is 4.79 Å². The van der Waals surface area contributed by atoms with Gasteiger partial charge in [0, 0.05) is 18.7 Å². The lowest BCUT2D eigenvalue weighted by molar-refractivity contribution is -0.137. The fourth-order valence-electron chi connectivity index (χ4n) is 4.32. The van der Waals surface area contributed by atoms with Gasteiger partial charge in [0.1, 0.15) is 0 Å². The maximum Gasteiger partial charge on any atom is 0.249 e. The quantitative estimate of drug-likeness (QED) is 0.846. The number of benzene rings is 1. The number of halogens is 1. The number of nitrogens with zero attached hydrogens (tertiary/aromatic N) is 5. The summed E-state index contributed by atoms with van der Waals surface area (Å²) in [6, 6.07) is 9.35. The van der Waals surface area contributed by atoms with Gasteiger partial charge in [0.15, 0.2) is 6.04 Å². The molecule has 1 aromatic carbocycles. The molecular formula is C20H29ClN6O. The van der Waals surface area contributed by atoms with Crippen molar-refractivity contribution in [2.75, 3.05) is 26.2 Å². The number of hydrogen-bond donors (Lipinski definition) is 1. The Morgan fingerprint density at radius 1 is 1.11 bits per heavy atom. The second kappa shape index (κ2) is 9.01. The zero-order chi connectivity index (χ0) is 18.8. The molecule has 2 aliphatic heterocycles. The number of fused-ring (bicyclic) bond motifs is 1. The highest BCUT2D eigenvalue weighted by molar-refractivity contribution is 5.85. The number of likely N-dealkylation sites (tertiary alicyclic amines) is 1. The summed E-state index contributed by atoms with van der Waals surface area (Å²) in [5.41, 5.74) is 0.911. The molecule has 2 fully saturated rings. The van der Waals surface area contributed by atoms with E-state index in [1.165, 1.54) is 4.80 Å². The summed E-state index contributed by atoms with van der Waals surface area (Å²) in [6.45, 7) is 7.92. The van der Waals surface area contributed by atoms with E-state index < -0.39 is 6.04 Å². The van der Waals surface area contributed by atoms with E-state index >= 15 is 0 Å². The second-order valence-electron chi connectivity index (χ2n) is 8.07. The highest BCUT2D eigenvalue weighted by Gasteiger charge is 2.35. The van der Waals surface area contributed by atoms with Gasteiger partial charge in [0.2, 0.25) is 11.7 Å². The molecule has 1 amide bonds. The van der Waals surface area contributed by atoms with Crippen molar-refractivity contribution in [3.63, 3.8) is 0 Å². The molecule has 1 unspecified atom stereocenters. The summed E-state index contributed by atoms with van der Waals surface area (Å²) in [5, 5.41) is 16.4. The number of rotatable bonds is 4. The molecule has 0 aliphatic carbocycles. The van der Waals surface area contributed by atoms with Crippen molar-refractivity contribution in [3.05, 3.63) is 30.3 Å². The average molecular weight is 405 g/mol. The second-order valence-corrected chi connectivity index (χ2v) is 8.07. The predicted octanol–water partition coefficient (Wildman–Crippen LogP) is 2.42. The van der Waals surface area contributed by atoms with E-state index in [-0.39, 0.29) is 24.2 Å². The molecule has 2 aliphatic rings. The molecule has 3 atom stereocenters. The van der Waals surface area contributed by atoms with Crippen molar-refractivity contribution in [2.24, 2.45) is 17.8 Å². The van der Waals surface area contributed by atoms with Gasteiger partial charge in [-0.15, -0.1) is 22.6 Å². The molecule has 1 aromatic heterocycles. The van der Waals surface area contributed by atoms with Gasteiger partial charge in [0.25, 0.3) is 0 Å². The molecule has 7 nitrogen and oxygen atoms in total. The lowest BCUT2D eigenvalue weighted by Gasteiger charge is -2.27. The molecule has 1 N–H and O–H groups in total. The van der Waals surface area contributed by atoms with Gasteiger partial charge >= 0.3 is 0 Å². The zero-order valence-electron chi connectivity index (χ0n) is 16.5. The smallest absolute Gasteiger partial charge is 0.249 e. The maximum absolute atomic E-state index is 13.3. The van der Waals surface area contributed by atoms with Gasteiger partial charge in [-0.25, -0.2) is 0 Å². The van der Waals surface area contributed by atoms with Crippen LogP contribution < -0.4 is 5.32 Å². The topological polar surface area (TPSA) is 75.9 Å². The van der Waals surface area contributed by atoms with Crippen LogP contribution in [0.4, 0.5) is 0 Å². The van der Waals surface area contributed by atoms with Crippen LogP contribution in [0, 0.1) is 17.8 Å². The van der Waals surface area contributed by atoms with Gasteiger partial charge in [0.05, 0.1) is 0 Å². The van der Waals surface area contributed by atoms with E-state index in [9.17, 15) is 4.79 Å². The molecule has 0 saturated carbocycles. The lowest BCUT2D eigenvalue weighted by atomic mass is 9.92. The van der Waals surface area contributed by atoms with Crippen LogP contribution in [0.5, 0.6) is 0 Å². The molecule has 3 heterocycles. The SMILES string of the molecule is CC(C)C(C(=O)N1CC[C@@H]2CNC[C@@H]2CC1)n1nnc(-c2ccccc2)n1.Cl. The van der Waals surface area contributed by atoms with E-state index in [1.54, 1.807) is 0 Å². The van der Waals surface area contributed by atoms with Crippen molar-refractivity contribution in [3.8, 4) is 11.4 Å². The Morgan fingerprint density at radius 3 is 2.36 bits per heavy atom. The highest BCUT2D eigenvalue weighted by Crippen LogP contribution is 2.29. The van der Waals surface area contributed by atoms with E-state index in [4.69, 9.17) is 0 Å². The van der Waals surface area contributed by atoms with E-state index in [0.717, 1.165) is 44.6 Å². The van der Waals surface area contributed by atoms with Crippen LogP contribution in [-0.4, -0.2) is 57.2 Å². The molecule has 28 heavy (non-hydrogen) atoms. The van der Waals surface area contributed by atoms with Crippen LogP contribution in [-0.2, 0) is 4.79 Å². The Labute approximate surface area is 172 Å². The monoisotopic (exact) mass is 404 g/mol. The molecular weight excluding hydrogens is 376 g/mol. The Hall–Kier alpha value is -1.99. The summed E-state index contributed by atoms with van der Waals surface area (Å²) in [4.78, 5) is 16.9. The van der Waals surface area contributed by atoms with Crippen LogP contribution in [0.25, 0.3) is 11.4 Å².